The second kappa shape index (κ2) is 10.0. The van der Waals surface area contributed by atoms with Crippen LogP contribution in [0.3, 0.4) is 0 Å². The summed E-state index contributed by atoms with van der Waals surface area (Å²) in [6.07, 6.45) is 10.3. The third-order valence-corrected chi connectivity index (χ3v) is 4.01. The molecule has 0 spiro atoms. The van der Waals surface area contributed by atoms with E-state index in [0.29, 0.717) is 0 Å². The van der Waals surface area contributed by atoms with E-state index in [2.05, 4.69) is 24.8 Å². The van der Waals surface area contributed by atoms with E-state index in [1.165, 1.54) is 25.3 Å². The van der Waals surface area contributed by atoms with Crippen molar-refractivity contribution in [3.8, 4) is 0 Å². The summed E-state index contributed by atoms with van der Waals surface area (Å²) in [4.78, 5) is 25.9. The highest BCUT2D eigenvalue weighted by Gasteiger charge is 2.17. The van der Waals surface area contributed by atoms with Crippen LogP contribution in [-0.4, -0.2) is 36.3 Å². The number of esters is 1. The smallest absolute Gasteiger partial charge is 0.341 e. The minimum Gasteiger partial charge on any atom is -0.462 e. The van der Waals surface area contributed by atoms with E-state index in [1.807, 2.05) is 6.08 Å². The summed E-state index contributed by atoms with van der Waals surface area (Å²) in [7, 11) is 0. The number of carbonyl (C=O) groups is 2. The molecule has 0 unspecified atom stereocenters. The molecule has 0 radical (unpaired) electrons. The van der Waals surface area contributed by atoms with Gasteiger partial charge in [0.1, 0.15) is 5.57 Å². The van der Waals surface area contributed by atoms with Crippen LogP contribution in [0.15, 0.2) is 35.1 Å². The summed E-state index contributed by atoms with van der Waals surface area (Å²) in [6, 6.07) is 0. The molecule has 0 aromatic rings. The predicted octanol–water partition coefficient (Wildman–Crippen LogP) is 3.79. The standard InChI is InChI=1S/C19H29NO3/c1-5-20(6-2)18(16-11-9-8-10-12-16)14-13-17(15(4)21)19(22)23-7-3/h11,13-14H,5-10,12H2,1-4H3. The van der Waals surface area contributed by atoms with E-state index in [0.717, 1.165) is 31.6 Å². The van der Waals surface area contributed by atoms with Gasteiger partial charge in [0.15, 0.2) is 5.78 Å². The van der Waals surface area contributed by atoms with E-state index in [1.54, 1.807) is 13.0 Å². The fourth-order valence-corrected chi connectivity index (χ4v) is 2.75. The number of likely N-dealkylation sites (N-methyl/N-ethyl adjacent to an activating group) is 1. The Morgan fingerprint density at radius 1 is 1.17 bits per heavy atom. The Kier molecular flexibility index (Phi) is 8.38. The number of hydrogen-bond acceptors (Lipinski definition) is 4. The molecule has 0 aromatic carbocycles. The zero-order valence-corrected chi connectivity index (χ0v) is 14.9. The zero-order valence-electron chi connectivity index (χ0n) is 14.9. The van der Waals surface area contributed by atoms with Crippen LogP contribution in [0.1, 0.15) is 53.4 Å². The average Bonchev–Trinajstić information content (AvgIpc) is 2.55. The zero-order chi connectivity index (χ0) is 17.2. The van der Waals surface area contributed by atoms with Gasteiger partial charge in [-0.3, -0.25) is 4.79 Å². The van der Waals surface area contributed by atoms with Crippen LogP contribution in [-0.2, 0) is 14.3 Å². The Morgan fingerprint density at radius 2 is 1.87 bits per heavy atom. The summed E-state index contributed by atoms with van der Waals surface area (Å²) < 4.78 is 4.97. The normalized spacial score (nSPS) is 15.9. The largest absolute Gasteiger partial charge is 0.462 e. The Bertz CT molecular complexity index is 511. The van der Waals surface area contributed by atoms with Crippen LogP contribution in [0, 0.1) is 0 Å². The summed E-state index contributed by atoms with van der Waals surface area (Å²) in [5.41, 5.74) is 2.52. The summed E-state index contributed by atoms with van der Waals surface area (Å²) in [5.74, 6) is -0.816. The lowest BCUT2D eigenvalue weighted by molar-refractivity contribution is -0.139. The lowest BCUT2D eigenvalue weighted by Crippen LogP contribution is -2.24. The maximum absolute atomic E-state index is 11.9. The molecular weight excluding hydrogens is 290 g/mol. The predicted molar refractivity (Wildman–Crippen MR) is 93.0 cm³/mol. The number of nitrogens with zero attached hydrogens (tertiary/aromatic N) is 1. The molecule has 0 amide bonds. The molecule has 128 valence electrons. The number of rotatable bonds is 8. The SMILES string of the molecule is CCOC(=O)C(=CC=C(C1=CCCCC1)N(CC)CC)C(C)=O. The maximum atomic E-state index is 11.9. The van der Waals surface area contributed by atoms with Gasteiger partial charge in [-0.15, -0.1) is 0 Å². The first-order valence-corrected chi connectivity index (χ1v) is 8.59. The highest BCUT2D eigenvalue weighted by Crippen LogP contribution is 2.26. The Labute approximate surface area is 139 Å². The van der Waals surface area contributed by atoms with Crippen LogP contribution in [0.25, 0.3) is 0 Å². The molecule has 0 aliphatic heterocycles. The number of ketones is 1. The number of Topliss-reactive ketones (excluding diaryl/α,β-unsaturated/α-hetero) is 1. The summed E-state index contributed by atoms with van der Waals surface area (Å²) in [6.45, 7) is 9.41. The molecule has 0 saturated heterocycles. The van der Waals surface area contributed by atoms with Crippen LogP contribution in [0.2, 0.25) is 0 Å². The van der Waals surface area contributed by atoms with Gasteiger partial charge in [0, 0.05) is 18.8 Å². The minimum absolute atomic E-state index is 0.105. The van der Waals surface area contributed by atoms with E-state index in [-0.39, 0.29) is 18.0 Å². The van der Waals surface area contributed by atoms with Gasteiger partial charge in [0.05, 0.1) is 6.61 Å². The molecule has 4 nitrogen and oxygen atoms in total. The molecule has 0 N–H and O–H groups in total. The van der Waals surface area contributed by atoms with Gasteiger partial charge < -0.3 is 9.64 Å². The number of carbonyl (C=O) groups excluding carboxylic acids is 2. The van der Waals surface area contributed by atoms with Gasteiger partial charge in [0.2, 0.25) is 0 Å². The Balaban J connectivity index is 3.19. The molecule has 0 saturated carbocycles. The van der Waals surface area contributed by atoms with E-state index < -0.39 is 5.97 Å². The van der Waals surface area contributed by atoms with Crippen molar-refractivity contribution >= 4 is 11.8 Å². The first-order chi connectivity index (χ1) is 11.0. The van der Waals surface area contributed by atoms with Crippen LogP contribution < -0.4 is 0 Å². The highest BCUT2D eigenvalue weighted by atomic mass is 16.5. The molecule has 0 fully saturated rings. The highest BCUT2D eigenvalue weighted by molar-refractivity contribution is 6.16. The third-order valence-electron chi connectivity index (χ3n) is 4.01. The first-order valence-electron chi connectivity index (χ1n) is 8.59. The molecule has 0 heterocycles. The van der Waals surface area contributed by atoms with Crippen molar-refractivity contribution in [3.63, 3.8) is 0 Å². The van der Waals surface area contributed by atoms with Crippen molar-refractivity contribution < 1.29 is 14.3 Å². The number of ether oxygens (including phenoxy) is 1. The Morgan fingerprint density at radius 3 is 2.35 bits per heavy atom. The Hall–Kier alpha value is -1.84. The monoisotopic (exact) mass is 319 g/mol. The van der Waals surface area contributed by atoms with Gasteiger partial charge in [-0.25, -0.2) is 4.79 Å². The third kappa shape index (κ3) is 5.70. The molecule has 1 aliphatic carbocycles. The molecule has 0 atom stereocenters. The van der Waals surface area contributed by atoms with Gasteiger partial charge in [-0.2, -0.15) is 0 Å². The van der Waals surface area contributed by atoms with Gasteiger partial charge in [-0.05, 0) is 71.1 Å². The molecule has 1 aliphatic rings. The van der Waals surface area contributed by atoms with Crippen molar-refractivity contribution in [1.29, 1.82) is 0 Å². The first kappa shape index (κ1) is 19.2. The molecule has 4 heteroatoms. The maximum Gasteiger partial charge on any atom is 0.341 e. The average molecular weight is 319 g/mol. The van der Waals surface area contributed by atoms with Gasteiger partial charge in [0.25, 0.3) is 0 Å². The fraction of sp³-hybridized carbons (Fsp3) is 0.579. The van der Waals surface area contributed by atoms with E-state index in [9.17, 15) is 9.59 Å². The topological polar surface area (TPSA) is 46.6 Å². The lowest BCUT2D eigenvalue weighted by Gasteiger charge is -2.28. The fourth-order valence-electron chi connectivity index (χ4n) is 2.75. The second-order valence-electron chi connectivity index (χ2n) is 5.56. The molecular formula is C19H29NO3. The van der Waals surface area contributed by atoms with Crippen molar-refractivity contribution in [2.45, 2.75) is 53.4 Å². The van der Waals surface area contributed by atoms with Crippen molar-refractivity contribution in [2.75, 3.05) is 19.7 Å². The summed E-state index contributed by atoms with van der Waals surface area (Å²) >= 11 is 0. The van der Waals surface area contributed by atoms with E-state index in [4.69, 9.17) is 4.74 Å². The van der Waals surface area contributed by atoms with Gasteiger partial charge >= 0.3 is 5.97 Å². The molecule has 0 bridgehead atoms. The molecule has 1 rings (SSSR count). The second-order valence-corrected chi connectivity index (χ2v) is 5.56. The van der Waals surface area contributed by atoms with Crippen molar-refractivity contribution in [1.82, 2.24) is 4.90 Å². The quantitative estimate of drug-likeness (QED) is 0.224. The number of hydrogen-bond donors (Lipinski definition) is 0. The summed E-state index contributed by atoms with van der Waals surface area (Å²) in [5, 5.41) is 0. The lowest BCUT2D eigenvalue weighted by atomic mass is 9.95. The number of allylic oxidation sites excluding steroid dienone is 4. The van der Waals surface area contributed by atoms with Crippen molar-refractivity contribution in [2.24, 2.45) is 0 Å². The van der Waals surface area contributed by atoms with Crippen LogP contribution in [0.4, 0.5) is 0 Å². The van der Waals surface area contributed by atoms with Crippen LogP contribution >= 0.6 is 0 Å². The van der Waals surface area contributed by atoms with E-state index >= 15 is 0 Å². The molecule has 0 aromatic heterocycles. The van der Waals surface area contributed by atoms with Crippen molar-refractivity contribution in [3.05, 3.63) is 35.1 Å². The van der Waals surface area contributed by atoms with Gasteiger partial charge in [-0.1, -0.05) is 6.08 Å². The minimum atomic E-state index is -0.548. The van der Waals surface area contributed by atoms with Crippen LogP contribution in [0.5, 0.6) is 0 Å². The molecule has 23 heavy (non-hydrogen) atoms.